The first-order chi connectivity index (χ1) is 13.7. The maximum Gasteiger partial charge on any atom is 0.225 e. The summed E-state index contributed by atoms with van der Waals surface area (Å²) in [5.41, 5.74) is 8.01. The summed E-state index contributed by atoms with van der Waals surface area (Å²) in [6.07, 6.45) is 14.1. The van der Waals surface area contributed by atoms with Crippen LogP contribution in [0.5, 0.6) is 0 Å². The van der Waals surface area contributed by atoms with Crippen molar-refractivity contribution in [2.24, 2.45) is 11.7 Å². The van der Waals surface area contributed by atoms with Gasteiger partial charge >= 0.3 is 0 Å². The molecule has 0 radical (unpaired) electrons. The van der Waals surface area contributed by atoms with Crippen molar-refractivity contribution in [3.63, 3.8) is 0 Å². The molecule has 5 nitrogen and oxygen atoms in total. The van der Waals surface area contributed by atoms with Gasteiger partial charge in [-0.1, -0.05) is 43.6 Å². The van der Waals surface area contributed by atoms with E-state index in [9.17, 15) is 4.79 Å². The zero-order valence-corrected chi connectivity index (χ0v) is 17.2. The first kappa shape index (κ1) is 20.4. The summed E-state index contributed by atoms with van der Waals surface area (Å²) in [5, 5.41) is 5.01. The third-order valence-electron chi connectivity index (χ3n) is 5.02. The van der Waals surface area contributed by atoms with Crippen LogP contribution in [0.2, 0.25) is 0 Å². The van der Waals surface area contributed by atoms with Crippen molar-refractivity contribution >= 4 is 28.6 Å². The van der Waals surface area contributed by atoms with Gasteiger partial charge in [0, 0.05) is 13.0 Å². The van der Waals surface area contributed by atoms with Crippen LogP contribution < -0.4 is 11.1 Å². The largest absolute Gasteiger partial charge is 0.327 e. The van der Waals surface area contributed by atoms with Gasteiger partial charge in [-0.2, -0.15) is 0 Å². The molecule has 1 saturated carbocycles. The predicted octanol–water partition coefficient (Wildman–Crippen LogP) is 5.03. The molecule has 3 N–H and O–H groups in total. The van der Waals surface area contributed by atoms with Gasteiger partial charge in [0.2, 0.25) is 5.91 Å². The van der Waals surface area contributed by atoms with Gasteiger partial charge in [0.25, 0.3) is 0 Å². The van der Waals surface area contributed by atoms with E-state index in [0.29, 0.717) is 30.4 Å². The van der Waals surface area contributed by atoms with Crippen LogP contribution in [0.15, 0.2) is 41.9 Å². The van der Waals surface area contributed by atoms with Gasteiger partial charge in [-0.25, -0.2) is 9.97 Å². The molecule has 0 aliphatic heterocycles. The zero-order chi connectivity index (χ0) is 19.8. The summed E-state index contributed by atoms with van der Waals surface area (Å²) in [6, 6.07) is 3.98. The van der Waals surface area contributed by atoms with Crippen LogP contribution in [0.1, 0.15) is 51.1 Å². The molecule has 148 valence electrons. The van der Waals surface area contributed by atoms with Gasteiger partial charge in [-0.3, -0.25) is 4.79 Å². The van der Waals surface area contributed by atoms with Crippen LogP contribution in [0.25, 0.3) is 16.1 Å². The monoisotopic (exact) mass is 396 g/mol. The third-order valence-corrected chi connectivity index (χ3v) is 5.90. The van der Waals surface area contributed by atoms with E-state index in [4.69, 9.17) is 10.7 Å². The second-order valence-corrected chi connectivity index (χ2v) is 8.02. The molecule has 2 aromatic rings. The van der Waals surface area contributed by atoms with Gasteiger partial charge in [0.1, 0.15) is 5.69 Å². The standard InChI is InChI=1S/C22H28N4OS/c1-2-17(10-6-12-23)18-15-24-22(21(25-18)19-11-7-13-28-19)26-20(27)14-16-8-4-3-5-9-16/h2,6-7,10-11,13,15-16H,3-5,8-9,12,14,23H2,1H3,(H,24,26,27)/b10-6-,17-2+. The number of nitrogens with zero attached hydrogens (tertiary/aromatic N) is 2. The smallest absolute Gasteiger partial charge is 0.225 e. The van der Waals surface area contributed by atoms with Crippen LogP contribution >= 0.6 is 11.3 Å². The molecule has 1 aliphatic carbocycles. The summed E-state index contributed by atoms with van der Waals surface area (Å²) in [7, 11) is 0. The number of amides is 1. The molecule has 0 spiro atoms. The number of carbonyl (C=O) groups is 1. The molecular weight excluding hydrogens is 368 g/mol. The minimum absolute atomic E-state index is 0.0287. The third kappa shape index (κ3) is 5.36. The number of nitrogens with two attached hydrogens (primary N) is 1. The van der Waals surface area contributed by atoms with E-state index >= 15 is 0 Å². The molecule has 0 saturated heterocycles. The first-order valence-electron chi connectivity index (χ1n) is 9.95. The number of allylic oxidation sites excluding steroid dienone is 3. The SMILES string of the molecule is C/C=C(\C=C/CN)c1cnc(NC(=O)CC2CCCCC2)c(-c2cccs2)n1. The Morgan fingerprint density at radius 2 is 2.18 bits per heavy atom. The molecule has 0 bridgehead atoms. The Kier molecular flexibility index (Phi) is 7.51. The first-order valence-corrected chi connectivity index (χ1v) is 10.8. The van der Waals surface area contributed by atoms with Gasteiger partial charge in [0.15, 0.2) is 5.82 Å². The fourth-order valence-corrected chi connectivity index (χ4v) is 4.28. The van der Waals surface area contributed by atoms with Crippen molar-refractivity contribution in [2.75, 3.05) is 11.9 Å². The van der Waals surface area contributed by atoms with Crippen LogP contribution in [0.4, 0.5) is 5.82 Å². The van der Waals surface area contributed by atoms with E-state index in [-0.39, 0.29) is 5.91 Å². The number of carbonyl (C=O) groups excluding carboxylic acids is 1. The molecule has 3 rings (SSSR count). The molecule has 2 aromatic heterocycles. The Morgan fingerprint density at radius 1 is 1.36 bits per heavy atom. The Bertz CT molecular complexity index is 836. The van der Waals surface area contributed by atoms with Crippen LogP contribution in [-0.4, -0.2) is 22.4 Å². The van der Waals surface area contributed by atoms with Crippen molar-refractivity contribution < 1.29 is 4.79 Å². The summed E-state index contributed by atoms with van der Waals surface area (Å²) in [6.45, 7) is 2.43. The highest BCUT2D eigenvalue weighted by molar-refractivity contribution is 7.13. The van der Waals surface area contributed by atoms with Gasteiger partial charge in [0.05, 0.1) is 16.8 Å². The molecule has 1 amide bonds. The number of anilines is 1. The summed E-state index contributed by atoms with van der Waals surface area (Å²) in [5.74, 6) is 1.05. The molecule has 0 aromatic carbocycles. The topological polar surface area (TPSA) is 80.9 Å². The average molecular weight is 397 g/mol. The van der Waals surface area contributed by atoms with E-state index in [1.54, 1.807) is 17.5 Å². The molecule has 2 heterocycles. The van der Waals surface area contributed by atoms with Crippen molar-refractivity contribution in [2.45, 2.75) is 45.4 Å². The minimum atomic E-state index is 0.0287. The van der Waals surface area contributed by atoms with Crippen LogP contribution in [0, 0.1) is 5.92 Å². The minimum Gasteiger partial charge on any atom is -0.327 e. The molecule has 0 unspecified atom stereocenters. The van der Waals surface area contributed by atoms with E-state index < -0.39 is 0 Å². The maximum atomic E-state index is 12.6. The van der Waals surface area contributed by atoms with Crippen LogP contribution in [0.3, 0.4) is 0 Å². The van der Waals surface area contributed by atoms with Crippen molar-refractivity contribution in [3.05, 3.63) is 47.6 Å². The van der Waals surface area contributed by atoms with Crippen molar-refractivity contribution in [1.82, 2.24) is 9.97 Å². The number of nitrogens with one attached hydrogen (secondary N) is 1. The number of thiophene rings is 1. The van der Waals surface area contributed by atoms with Gasteiger partial charge < -0.3 is 11.1 Å². The van der Waals surface area contributed by atoms with Crippen LogP contribution in [-0.2, 0) is 4.79 Å². The lowest BCUT2D eigenvalue weighted by molar-refractivity contribution is -0.117. The molecule has 0 atom stereocenters. The Hall–Kier alpha value is -2.31. The fourth-order valence-electron chi connectivity index (χ4n) is 3.57. The fraction of sp³-hybridized carbons (Fsp3) is 0.409. The molecule has 28 heavy (non-hydrogen) atoms. The number of aromatic nitrogens is 2. The Morgan fingerprint density at radius 3 is 2.86 bits per heavy atom. The Labute approximate surface area is 170 Å². The molecule has 1 fully saturated rings. The van der Waals surface area contributed by atoms with E-state index in [1.807, 2.05) is 42.7 Å². The lowest BCUT2D eigenvalue weighted by Crippen LogP contribution is -2.19. The summed E-state index contributed by atoms with van der Waals surface area (Å²) < 4.78 is 0. The number of hydrogen-bond donors (Lipinski definition) is 2. The van der Waals surface area contributed by atoms with E-state index in [2.05, 4.69) is 10.3 Å². The van der Waals surface area contributed by atoms with Gasteiger partial charge in [-0.05, 0) is 42.7 Å². The highest BCUT2D eigenvalue weighted by Crippen LogP contribution is 2.31. The predicted molar refractivity (Wildman–Crippen MR) is 117 cm³/mol. The normalized spacial score (nSPS) is 15.9. The second-order valence-electron chi connectivity index (χ2n) is 7.07. The van der Waals surface area contributed by atoms with Crippen molar-refractivity contribution in [1.29, 1.82) is 0 Å². The summed E-state index contributed by atoms with van der Waals surface area (Å²) >= 11 is 1.59. The van der Waals surface area contributed by atoms with Gasteiger partial charge in [-0.15, -0.1) is 11.3 Å². The Balaban J connectivity index is 1.84. The lowest BCUT2D eigenvalue weighted by Gasteiger charge is -2.21. The zero-order valence-electron chi connectivity index (χ0n) is 16.4. The number of hydrogen-bond acceptors (Lipinski definition) is 5. The molecule has 6 heteroatoms. The number of rotatable bonds is 7. The molecule has 1 aliphatic rings. The molecular formula is C22H28N4OS. The highest BCUT2D eigenvalue weighted by Gasteiger charge is 2.19. The summed E-state index contributed by atoms with van der Waals surface area (Å²) in [4.78, 5) is 23.0. The van der Waals surface area contributed by atoms with Crippen molar-refractivity contribution in [3.8, 4) is 10.6 Å². The highest BCUT2D eigenvalue weighted by atomic mass is 32.1. The average Bonchev–Trinajstić information content (AvgIpc) is 3.25. The maximum absolute atomic E-state index is 12.6. The van der Waals surface area contributed by atoms with E-state index in [0.717, 1.165) is 29.0 Å². The van der Waals surface area contributed by atoms with E-state index in [1.165, 1.54) is 19.3 Å². The quantitative estimate of drug-likeness (QED) is 0.643. The lowest BCUT2D eigenvalue weighted by atomic mass is 9.87. The second kappa shape index (κ2) is 10.3.